The van der Waals surface area contributed by atoms with Crippen molar-refractivity contribution in [2.75, 3.05) is 29.9 Å². The third-order valence-electron chi connectivity index (χ3n) is 5.76. The molecule has 1 aliphatic heterocycles. The molecule has 1 N–H and O–H groups in total. The Labute approximate surface area is 206 Å². The first-order chi connectivity index (χ1) is 16.8. The molecule has 8 nitrogen and oxygen atoms in total. The minimum absolute atomic E-state index is 0.0607. The van der Waals surface area contributed by atoms with Crippen LogP contribution in [0.1, 0.15) is 41.6 Å². The molecule has 9 heteroatoms. The molecule has 2 aromatic rings. The molecule has 0 saturated carbocycles. The van der Waals surface area contributed by atoms with Gasteiger partial charge in [0, 0.05) is 12.6 Å². The summed E-state index contributed by atoms with van der Waals surface area (Å²) in [4.78, 5) is 14.0. The zero-order valence-electron chi connectivity index (χ0n) is 19.7. The van der Waals surface area contributed by atoms with Crippen LogP contribution in [-0.4, -0.2) is 40.7 Å². The van der Waals surface area contributed by atoms with Crippen LogP contribution in [-0.2, 0) is 14.8 Å². The van der Waals surface area contributed by atoms with Crippen LogP contribution in [0.4, 0.5) is 11.4 Å². The summed E-state index contributed by atoms with van der Waals surface area (Å²) in [6.07, 6.45) is 7.11. The molecule has 1 aliphatic rings. The average Bonchev–Trinajstić information content (AvgIpc) is 2.87. The fourth-order valence-electron chi connectivity index (χ4n) is 4.12. The van der Waals surface area contributed by atoms with Crippen LogP contribution in [0, 0.1) is 11.3 Å². The van der Waals surface area contributed by atoms with Gasteiger partial charge in [-0.15, -0.1) is 6.58 Å². The fraction of sp³-hybridized carbons (Fsp3) is 0.308. The Morgan fingerprint density at radius 1 is 1.23 bits per heavy atom. The Balaban J connectivity index is 2.09. The molecule has 0 aliphatic carbocycles. The summed E-state index contributed by atoms with van der Waals surface area (Å²) >= 11 is 0. The van der Waals surface area contributed by atoms with Gasteiger partial charge in [0.15, 0.2) is 0 Å². The Morgan fingerprint density at radius 3 is 2.71 bits per heavy atom. The number of carbonyl (C=O) groups is 1. The lowest BCUT2D eigenvalue weighted by Gasteiger charge is -2.38. The standard InChI is InChI=1S/C26H29N3O5S/c1-4-8-21-9-6-7-14-29(21)23-12-10-19(18-27)16-22(23)28-35(31,32)25-17-20(26(30)33-3)11-13-24(25)34-15-5-2/h4-5,10-13,16-17,21,28H,1-2,6-9,14-15H2,3H3. The molecule has 1 unspecified atom stereocenters. The highest BCUT2D eigenvalue weighted by atomic mass is 32.2. The van der Waals surface area contributed by atoms with E-state index in [2.05, 4.69) is 28.8 Å². The van der Waals surface area contributed by atoms with E-state index in [9.17, 15) is 18.5 Å². The van der Waals surface area contributed by atoms with Gasteiger partial charge in [-0.05, 0) is 62.1 Å². The maximum atomic E-state index is 13.6. The topological polar surface area (TPSA) is 109 Å². The molecule has 0 amide bonds. The van der Waals surface area contributed by atoms with Gasteiger partial charge in [-0.25, -0.2) is 13.2 Å². The number of sulfonamides is 1. The summed E-state index contributed by atoms with van der Waals surface area (Å²) < 4.78 is 40.1. The van der Waals surface area contributed by atoms with Gasteiger partial charge in [0.25, 0.3) is 10.0 Å². The van der Waals surface area contributed by atoms with Crippen molar-refractivity contribution in [3.63, 3.8) is 0 Å². The molecule has 2 aromatic carbocycles. The molecule has 1 atom stereocenters. The summed E-state index contributed by atoms with van der Waals surface area (Å²) in [6.45, 7) is 8.28. The maximum absolute atomic E-state index is 13.6. The highest BCUT2D eigenvalue weighted by molar-refractivity contribution is 7.92. The van der Waals surface area contributed by atoms with Crippen LogP contribution in [0.2, 0.25) is 0 Å². The minimum Gasteiger partial charge on any atom is -0.488 e. The second-order valence-electron chi connectivity index (χ2n) is 8.07. The molecule has 0 spiro atoms. The molecular formula is C26H29N3O5S. The number of nitrogens with one attached hydrogen (secondary N) is 1. The molecule has 0 aromatic heterocycles. The van der Waals surface area contributed by atoms with Crippen LogP contribution in [0.3, 0.4) is 0 Å². The molecule has 184 valence electrons. The zero-order chi connectivity index (χ0) is 25.4. The first-order valence-electron chi connectivity index (χ1n) is 11.2. The number of hydrogen-bond donors (Lipinski definition) is 1. The Morgan fingerprint density at radius 2 is 2.03 bits per heavy atom. The quantitative estimate of drug-likeness (QED) is 0.378. The number of rotatable bonds is 10. The van der Waals surface area contributed by atoms with Gasteiger partial charge >= 0.3 is 5.97 Å². The molecule has 1 saturated heterocycles. The predicted molar refractivity (Wildman–Crippen MR) is 135 cm³/mol. The third kappa shape index (κ3) is 6.03. The molecule has 1 heterocycles. The second kappa shape index (κ2) is 11.6. The van der Waals surface area contributed by atoms with E-state index in [0.29, 0.717) is 11.3 Å². The highest BCUT2D eigenvalue weighted by Gasteiger charge is 2.27. The molecule has 0 radical (unpaired) electrons. The van der Waals surface area contributed by atoms with Crippen LogP contribution < -0.4 is 14.4 Å². The number of ether oxygens (including phenoxy) is 2. The van der Waals surface area contributed by atoms with E-state index in [1.165, 1.54) is 37.5 Å². The number of esters is 1. The molecular weight excluding hydrogens is 466 g/mol. The van der Waals surface area contributed by atoms with E-state index in [-0.39, 0.29) is 34.5 Å². The van der Waals surface area contributed by atoms with Crippen molar-refractivity contribution in [2.45, 2.75) is 36.6 Å². The van der Waals surface area contributed by atoms with Crippen molar-refractivity contribution in [3.8, 4) is 11.8 Å². The Kier molecular flexibility index (Phi) is 8.55. The van der Waals surface area contributed by atoms with Crippen molar-refractivity contribution in [2.24, 2.45) is 0 Å². The zero-order valence-corrected chi connectivity index (χ0v) is 20.5. The lowest BCUT2D eigenvalue weighted by molar-refractivity contribution is 0.0600. The Hall–Kier alpha value is -3.77. The summed E-state index contributed by atoms with van der Waals surface area (Å²) in [5.41, 5.74) is 1.33. The molecule has 1 fully saturated rings. The van der Waals surface area contributed by atoms with E-state index >= 15 is 0 Å². The highest BCUT2D eigenvalue weighted by Crippen LogP contribution is 2.36. The summed E-state index contributed by atoms with van der Waals surface area (Å²) in [5, 5.41) is 9.45. The van der Waals surface area contributed by atoms with Crippen molar-refractivity contribution >= 4 is 27.4 Å². The van der Waals surface area contributed by atoms with Gasteiger partial charge in [-0.1, -0.05) is 18.7 Å². The van der Waals surface area contributed by atoms with Gasteiger partial charge in [-0.2, -0.15) is 5.26 Å². The number of nitrogens with zero attached hydrogens (tertiary/aromatic N) is 2. The number of nitriles is 1. The summed E-state index contributed by atoms with van der Waals surface area (Å²) in [6, 6.07) is 11.2. The maximum Gasteiger partial charge on any atom is 0.337 e. The first kappa shape index (κ1) is 25.8. The van der Waals surface area contributed by atoms with E-state index in [1.54, 1.807) is 12.1 Å². The van der Waals surface area contributed by atoms with E-state index in [4.69, 9.17) is 9.47 Å². The third-order valence-corrected chi connectivity index (χ3v) is 7.14. The van der Waals surface area contributed by atoms with E-state index in [0.717, 1.165) is 32.2 Å². The van der Waals surface area contributed by atoms with Crippen LogP contribution in [0.5, 0.6) is 5.75 Å². The Bertz CT molecular complexity index is 1250. The van der Waals surface area contributed by atoms with Crippen LogP contribution in [0.25, 0.3) is 0 Å². The van der Waals surface area contributed by atoms with Gasteiger partial charge in [0.2, 0.25) is 0 Å². The number of carbonyl (C=O) groups excluding carboxylic acids is 1. The van der Waals surface area contributed by atoms with Crippen LogP contribution >= 0.6 is 0 Å². The molecule has 0 bridgehead atoms. The van der Waals surface area contributed by atoms with Gasteiger partial charge in [0.05, 0.1) is 35.7 Å². The largest absolute Gasteiger partial charge is 0.488 e. The van der Waals surface area contributed by atoms with Gasteiger partial charge in [0.1, 0.15) is 17.3 Å². The second-order valence-corrected chi connectivity index (χ2v) is 9.72. The lowest BCUT2D eigenvalue weighted by Crippen LogP contribution is -2.39. The van der Waals surface area contributed by atoms with E-state index < -0.39 is 16.0 Å². The summed E-state index contributed by atoms with van der Waals surface area (Å²) in [5.74, 6) is -0.616. The predicted octanol–water partition coefficient (Wildman–Crippen LogP) is 4.65. The summed E-state index contributed by atoms with van der Waals surface area (Å²) in [7, 11) is -3.01. The normalized spacial score (nSPS) is 15.5. The van der Waals surface area contributed by atoms with Crippen molar-refractivity contribution < 1.29 is 22.7 Å². The van der Waals surface area contributed by atoms with Crippen molar-refractivity contribution in [3.05, 3.63) is 72.8 Å². The molecule has 3 rings (SSSR count). The SMILES string of the molecule is C=CCOc1ccc(C(=O)OC)cc1S(=O)(=O)Nc1cc(C#N)ccc1N1CCCCC1CC=C. The monoisotopic (exact) mass is 495 g/mol. The van der Waals surface area contributed by atoms with E-state index in [1.807, 2.05) is 6.08 Å². The fourth-order valence-corrected chi connectivity index (χ4v) is 5.36. The number of benzene rings is 2. The first-order valence-corrected chi connectivity index (χ1v) is 12.7. The number of methoxy groups -OCH3 is 1. The number of hydrogen-bond acceptors (Lipinski definition) is 7. The molecule has 35 heavy (non-hydrogen) atoms. The van der Waals surface area contributed by atoms with Crippen LogP contribution in [0.15, 0.2) is 66.6 Å². The van der Waals surface area contributed by atoms with Crippen molar-refractivity contribution in [1.29, 1.82) is 5.26 Å². The number of anilines is 2. The lowest BCUT2D eigenvalue weighted by atomic mass is 9.98. The van der Waals surface area contributed by atoms with Gasteiger partial charge in [-0.3, -0.25) is 4.72 Å². The average molecular weight is 496 g/mol. The van der Waals surface area contributed by atoms with Crippen molar-refractivity contribution in [1.82, 2.24) is 0 Å². The minimum atomic E-state index is -4.23. The smallest absolute Gasteiger partial charge is 0.337 e. The number of piperidine rings is 1. The van der Waals surface area contributed by atoms with Gasteiger partial charge < -0.3 is 14.4 Å².